The van der Waals surface area contributed by atoms with Crippen LogP contribution in [-0.2, 0) is 12.6 Å². The lowest BCUT2D eigenvalue weighted by Gasteiger charge is -2.22. The summed E-state index contributed by atoms with van der Waals surface area (Å²) < 4.78 is 37.6. The molecular weight excluding hydrogens is 277 g/mol. The van der Waals surface area contributed by atoms with Crippen molar-refractivity contribution in [1.82, 2.24) is 10.2 Å². The van der Waals surface area contributed by atoms with Crippen molar-refractivity contribution in [3.63, 3.8) is 0 Å². The van der Waals surface area contributed by atoms with Crippen molar-refractivity contribution in [1.29, 1.82) is 0 Å². The van der Waals surface area contributed by atoms with Crippen LogP contribution in [0.4, 0.5) is 13.2 Å². The highest BCUT2D eigenvalue weighted by molar-refractivity contribution is 5.25. The number of alkyl halides is 3. The van der Waals surface area contributed by atoms with Gasteiger partial charge in [-0.2, -0.15) is 13.2 Å². The van der Waals surface area contributed by atoms with Gasteiger partial charge in [0.1, 0.15) is 0 Å². The zero-order valence-electron chi connectivity index (χ0n) is 13.0. The molecule has 0 amide bonds. The van der Waals surface area contributed by atoms with E-state index in [2.05, 4.69) is 24.1 Å². The Morgan fingerprint density at radius 3 is 2.10 bits per heavy atom. The molecule has 0 spiro atoms. The third kappa shape index (κ3) is 6.06. The first-order chi connectivity index (χ1) is 9.90. The second-order valence-corrected chi connectivity index (χ2v) is 5.20. The highest BCUT2D eigenvalue weighted by Gasteiger charge is 2.29. The lowest BCUT2D eigenvalue weighted by atomic mass is 10.0. The second kappa shape index (κ2) is 8.39. The number of halogens is 3. The first-order valence-corrected chi connectivity index (χ1v) is 7.46. The van der Waals surface area contributed by atoms with Gasteiger partial charge in [-0.05, 0) is 57.2 Å². The first-order valence-electron chi connectivity index (χ1n) is 7.46. The number of nitrogens with one attached hydrogen (secondary N) is 1. The van der Waals surface area contributed by atoms with Crippen molar-refractivity contribution >= 4 is 0 Å². The Hall–Kier alpha value is -1.07. The van der Waals surface area contributed by atoms with Crippen LogP contribution in [0.1, 0.15) is 31.4 Å². The number of benzene rings is 1. The van der Waals surface area contributed by atoms with E-state index in [1.807, 2.05) is 7.05 Å². The Morgan fingerprint density at radius 2 is 1.67 bits per heavy atom. The second-order valence-electron chi connectivity index (χ2n) is 5.20. The van der Waals surface area contributed by atoms with Gasteiger partial charge in [0, 0.05) is 6.04 Å². The van der Waals surface area contributed by atoms with Crippen molar-refractivity contribution in [2.45, 2.75) is 38.9 Å². The molecule has 0 aliphatic rings. The molecule has 0 bridgehead atoms. The van der Waals surface area contributed by atoms with Crippen molar-refractivity contribution in [2.75, 3.05) is 26.7 Å². The van der Waals surface area contributed by atoms with Crippen LogP contribution in [0, 0.1) is 0 Å². The van der Waals surface area contributed by atoms with E-state index in [9.17, 15) is 13.2 Å². The maximum Gasteiger partial charge on any atom is 0.416 e. The zero-order chi connectivity index (χ0) is 15.9. The van der Waals surface area contributed by atoms with E-state index in [-0.39, 0.29) is 6.04 Å². The molecule has 1 aromatic rings. The van der Waals surface area contributed by atoms with Gasteiger partial charge in [0.25, 0.3) is 0 Å². The fourth-order valence-electron chi connectivity index (χ4n) is 2.34. The average molecular weight is 302 g/mol. The predicted octanol–water partition coefficient (Wildman–Crippen LogP) is 3.57. The summed E-state index contributed by atoms with van der Waals surface area (Å²) in [6.07, 6.45) is -2.53. The summed E-state index contributed by atoms with van der Waals surface area (Å²) in [6.45, 7) is 7.31. The first kappa shape index (κ1) is 18.0. The van der Waals surface area contributed by atoms with E-state index in [4.69, 9.17) is 0 Å². The number of nitrogens with zero attached hydrogens (tertiary/aromatic N) is 1. The fraction of sp³-hybridized carbons (Fsp3) is 0.625. The summed E-state index contributed by atoms with van der Waals surface area (Å²) in [5.74, 6) is 0. The lowest BCUT2D eigenvalue weighted by Crippen LogP contribution is -2.33. The Labute approximate surface area is 125 Å². The predicted molar refractivity (Wildman–Crippen MR) is 80.4 cm³/mol. The molecule has 1 aromatic carbocycles. The molecule has 120 valence electrons. The van der Waals surface area contributed by atoms with E-state index in [0.717, 1.165) is 50.2 Å². The quantitative estimate of drug-likeness (QED) is 0.790. The van der Waals surface area contributed by atoms with Crippen molar-refractivity contribution < 1.29 is 13.2 Å². The third-order valence-electron chi connectivity index (χ3n) is 3.86. The van der Waals surface area contributed by atoms with Crippen LogP contribution in [0.3, 0.4) is 0 Å². The van der Waals surface area contributed by atoms with Gasteiger partial charge in [-0.25, -0.2) is 0 Å². The highest BCUT2D eigenvalue weighted by atomic mass is 19.4. The van der Waals surface area contributed by atoms with E-state index in [1.165, 1.54) is 0 Å². The Balaban J connectivity index is 2.57. The summed E-state index contributed by atoms with van der Waals surface area (Å²) >= 11 is 0. The minimum absolute atomic E-state index is 0.280. The van der Waals surface area contributed by atoms with Crippen LogP contribution in [0.2, 0.25) is 0 Å². The molecule has 0 saturated carbocycles. The van der Waals surface area contributed by atoms with Crippen molar-refractivity contribution in [3.8, 4) is 0 Å². The highest BCUT2D eigenvalue weighted by Crippen LogP contribution is 2.29. The van der Waals surface area contributed by atoms with Gasteiger partial charge in [-0.3, -0.25) is 0 Å². The van der Waals surface area contributed by atoms with Crippen LogP contribution >= 0.6 is 0 Å². The van der Waals surface area contributed by atoms with Crippen LogP contribution in [0.15, 0.2) is 24.3 Å². The number of likely N-dealkylation sites (N-methyl/N-ethyl adjacent to an activating group) is 1. The summed E-state index contributed by atoms with van der Waals surface area (Å²) in [6, 6.07) is 5.75. The Kier molecular flexibility index (Phi) is 7.18. The molecule has 0 fully saturated rings. The van der Waals surface area contributed by atoms with Crippen LogP contribution in [-0.4, -0.2) is 37.6 Å². The molecule has 1 N–H and O–H groups in total. The Morgan fingerprint density at radius 1 is 1.10 bits per heavy atom. The fourth-order valence-corrected chi connectivity index (χ4v) is 2.34. The normalized spacial score (nSPS) is 13.7. The molecule has 2 nitrogen and oxygen atoms in total. The van der Waals surface area contributed by atoms with Gasteiger partial charge in [0.05, 0.1) is 5.56 Å². The van der Waals surface area contributed by atoms with Gasteiger partial charge >= 0.3 is 6.18 Å². The third-order valence-corrected chi connectivity index (χ3v) is 3.86. The molecule has 5 heteroatoms. The summed E-state index contributed by atoms with van der Waals surface area (Å²) in [5, 5.41) is 3.25. The molecule has 0 heterocycles. The molecule has 0 aliphatic carbocycles. The molecule has 0 saturated heterocycles. The van der Waals surface area contributed by atoms with Gasteiger partial charge in [0.15, 0.2) is 0 Å². The average Bonchev–Trinajstić information content (AvgIpc) is 2.46. The Bertz CT molecular complexity index is 397. The van der Waals surface area contributed by atoms with Gasteiger partial charge in [-0.1, -0.05) is 26.0 Å². The molecule has 1 unspecified atom stereocenters. The summed E-state index contributed by atoms with van der Waals surface area (Å²) in [4.78, 5) is 2.34. The number of hydrogen-bond donors (Lipinski definition) is 1. The minimum atomic E-state index is -4.26. The van der Waals surface area contributed by atoms with Gasteiger partial charge < -0.3 is 10.2 Å². The van der Waals surface area contributed by atoms with E-state index in [1.54, 1.807) is 12.1 Å². The van der Waals surface area contributed by atoms with E-state index >= 15 is 0 Å². The lowest BCUT2D eigenvalue weighted by molar-refractivity contribution is -0.137. The maximum atomic E-state index is 12.5. The van der Waals surface area contributed by atoms with Crippen molar-refractivity contribution in [3.05, 3.63) is 35.4 Å². The monoisotopic (exact) mass is 302 g/mol. The summed E-state index contributed by atoms with van der Waals surface area (Å²) in [7, 11) is 1.90. The van der Waals surface area contributed by atoms with Gasteiger partial charge in [0.2, 0.25) is 0 Å². The molecule has 21 heavy (non-hydrogen) atoms. The molecule has 1 atom stereocenters. The summed E-state index contributed by atoms with van der Waals surface area (Å²) in [5.41, 5.74) is 0.345. The largest absolute Gasteiger partial charge is 0.416 e. The van der Waals surface area contributed by atoms with Crippen LogP contribution < -0.4 is 5.32 Å². The van der Waals surface area contributed by atoms with Gasteiger partial charge in [-0.15, -0.1) is 0 Å². The zero-order valence-corrected chi connectivity index (χ0v) is 13.0. The van der Waals surface area contributed by atoms with Crippen molar-refractivity contribution in [2.24, 2.45) is 0 Å². The molecule has 1 rings (SSSR count). The molecule has 0 aliphatic heterocycles. The molecule has 0 aromatic heterocycles. The molecular formula is C16H25F3N2. The van der Waals surface area contributed by atoms with E-state index < -0.39 is 11.7 Å². The number of rotatable bonds is 8. The SMILES string of the molecule is CCN(CC)CCC(Cc1ccc(C(F)(F)F)cc1)NC. The van der Waals surface area contributed by atoms with Crippen LogP contribution in [0.5, 0.6) is 0 Å². The van der Waals surface area contributed by atoms with E-state index in [0.29, 0.717) is 0 Å². The molecule has 0 radical (unpaired) electrons. The van der Waals surface area contributed by atoms with Crippen LogP contribution in [0.25, 0.3) is 0 Å². The maximum absolute atomic E-state index is 12.5. The number of hydrogen-bond acceptors (Lipinski definition) is 2. The standard InChI is InChI=1S/C16H25F3N2/c1-4-21(5-2)11-10-15(20-3)12-13-6-8-14(9-7-13)16(17,18)19/h6-9,15,20H,4-5,10-12H2,1-3H3. The topological polar surface area (TPSA) is 15.3 Å². The minimum Gasteiger partial charge on any atom is -0.317 e. The smallest absolute Gasteiger partial charge is 0.317 e.